The number of fused-ring (bicyclic) bond motifs is 1. The van der Waals surface area contributed by atoms with Crippen LogP contribution in [0, 0.1) is 5.82 Å². The van der Waals surface area contributed by atoms with Crippen molar-refractivity contribution in [3.05, 3.63) is 33.9 Å². The molecule has 1 atom stereocenters. The van der Waals surface area contributed by atoms with Crippen LogP contribution in [-0.4, -0.2) is 44.6 Å². The summed E-state index contributed by atoms with van der Waals surface area (Å²) in [5.41, 5.74) is 0. The fourth-order valence-corrected chi connectivity index (χ4v) is 5.27. The third kappa shape index (κ3) is 4.36. The van der Waals surface area contributed by atoms with Crippen LogP contribution in [-0.2, 0) is 10.0 Å². The third-order valence-electron chi connectivity index (χ3n) is 4.52. The van der Waals surface area contributed by atoms with Gasteiger partial charge in [-0.2, -0.15) is 0 Å². The Balaban J connectivity index is 1.81. The van der Waals surface area contributed by atoms with E-state index in [0.717, 1.165) is 25.5 Å². The van der Waals surface area contributed by atoms with E-state index in [2.05, 4.69) is 4.72 Å². The molecule has 0 bridgehead atoms. The van der Waals surface area contributed by atoms with E-state index in [4.69, 9.17) is 11.6 Å². The number of amides is 1. The number of benzene rings is 1. The molecule has 0 aliphatic carbocycles. The quantitative estimate of drug-likeness (QED) is 0.806. The second-order valence-electron chi connectivity index (χ2n) is 6.49. The zero-order valence-electron chi connectivity index (χ0n) is 14.3. The Labute approximate surface area is 161 Å². The number of nitrogens with one attached hydrogen (secondary N) is 1. The zero-order chi connectivity index (χ0) is 18.9. The first kappa shape index (κ1) is 19.5. The van der Waals surface area contributed by atoms with E-state index in [1.165, 1.54) is 23.5 Å². The smallest absolute Gasteiger partial charge is 0.265 e. The highest BCUT2D eigenvalue weighted by Gasteiger charge is 2.30. The van der Waals surface area contributed by atoms with Crippen LogP contribution < -0.4 is 4.72 Å². The monoisotopic (exact) mass is 418 g/mol. The van der Waals surface area contributed by atoms with Gasteiger partial charge in [0.2, 0.25) is 10.0 Å². The molecule has 3 rings (SSSR count). The van der Waals surface area contributed by atoms with Crippen molar-refractivity contribution in [3.63, 3.8) is 0 Å². The molecular formula is C17H20ClFN2O3S2. The van der Waals surface area contributed by atoms with Gasteiger partial charge in [-0.25, -0.2) is 17.5 Å². The average molecular weight is 419 g/mol. The number of nitrogens with zero attached hydrogens (tertiary/aromatic N) is 1. The minimum absolute atomic E-state index is 0.0384. The van der Waals surface area contributed by atoms with Crippen molar-refractivity contribution in [2.24, 2.45) is 0 Å². The predicted octanol–water partition coefficient (Wildman–Crippen LogP) is 3.63. The maximum Gasteiger partial charge on any atom is 0.265 e. The van der Waals surface area contributed by atoms with Crippen LogP contribution in [0.1, 0.15) is 35.4 Å². The van der Waals surface area contributed by atoms with Gasteiger partial charge in [-0.15, -0.1) is 11.3 Å². The van der Waals surface area contributed by atoms with Crippen molar-refractivity contribution in [2.75, 3.05) is 19.3 Å². The minimum Gasteiger partial charge on any atom is -0.335 e. The molecule has 1 N–H and O–H groups in total. The van der Waals surface area contributed by atoms with E-state index >= 15 is 0 Å². The summed E-state index contributed by atoms with van der Waals surface area (Å²) < 4.78 is 39.1. The molecular weight excluding hydrogens is 399 g/mol. The van der Waals surface area contributed by atoms with Gasteiger partial charge in [-0.3, -0.25) is 4.79 Å². The number of sulfonamides is 1. The van der Waals surface area contributed by atoms with Crippen LogP contribution in [0.2, 0.25) is 5.02 Å². The number of carbonyl (C=O) groups is 1. The van der Waals surface area contributed by atoms with Crippen LogP contribution >= 0.6 is 22.9 Å². The summed E-state index contributed by atoms with van der Waals surface area (Å²) in [6.45, 7) is 0.903. The van der Waals surface area contributed by atoms with Crippen molar-refractivity contribution in [3.8, 4) is 0 Å². The standard InChI is InChI=1S/C17H20ClFN2O3S2/c1-26(23,24)20-8-7-12-4-2-3-9-21(12)17(22)16-15(18)13-6-5-11(19)10-14(13)25-16/h5-6,10,12,20H,2-4,7-9H2,1H3. The van der Waals surface area contributed by atoms with E-state index in [-0.39, 0.29) is 17.8 Å². The van der Waals surface area contributed by atoms with Gasteiger partial charge < -0.3 is 4.90 Å². The highest BCUT2D eigenvalue weighted by Crippen LogP contribution is 2.37. The molecule has 1 unspecified atom stereocenters. The Bertz CT molecular complexity index is 929. The summed E-state index contributed by atoms with van der Waals surface area (Å²) in [5.74, 6) is -0.530. The van der Waals surface area contributed by atoms with Crippen LogP contribution in [0.5, 0.6) is 0 Å². The Morgan fingerprint density at radius 1 is 1.42 bits per heavy atom. The van der Waals surface area contributed by atoms with Gasteiger partial charge in [0.25, 0.3) is 5.91 Å². The van der Waals surface area contributed by atoms with E-state index in [1.54, 1.807) is 11.0 Å². The summed E-state index contributed by atoms with van der Waals surface area (Å²) in [6, 6.07) is 4.26. The van der Waals surface area contributed by atoms with Gasteiger partial charge in [0.05, 0.1) is 11.3 Å². The molecule has 1 saturated heterocycles. The topological polar surface area (TPSA) is 66.5 Å². The fraction of sp³-hybridized carbons (Fsp3) is 0.471. The summed E-state index contributed by atoms with van der Waals surface area (Å²) in [5, 5.41) is 1.03. The Kier molecular flexibility index (Phi) is 5.86. The molecule has 142 valence electrons. The van der Waals surface area contributed by atoms with Gasteiger partial charge in [0, 0.05) is 29.2 Å². The zero-order valence-corrected chi connectivity index (χ0v) is 16.7. The lowest BCUT2D eigenvalue weighted by Gasteiger charge is -2.35. The first-order valence-corrected chi connectivity index (χ1v) is 11.5. The third-order valence-corrected chi connectivity index (χ3v) is 6.89. The van der Waals surface area contributed by atoms with Crippen LogP contribution in [0.4, 0.5) is 4.39 Å². The molecule has 2 heterocycles. The lowest BCUT2D eigenvalue weighted by Crippen LogP contribution is -2.45. The molecule has 0 spiro atoms. The van der Waals surface area contributed by atoms with Crippen molar-refractivity contribution < 1.29 is 17.6 Å². The molecule has 26 heavy (non-hydrogen) atoms. The second kappa shape index (κ2) is 7.80. The van der Waals surface area contributed by atoms with Gasteiger partial charge in [-0.1, -0.05) is 11.6 Å². The number of piperidine rings is 1. The van der Waals surface area contributed by atoms with E-state index < -0.39 is 10.0 Å². The normalized spacial score (nSPS) is 18.4. The van der Waals surface area contributed by atoms with Crippen molar-refractivity contribution in [1.29, 1.82) is 0 Å². The summed E-state index contributed by atoms with van der Waals surface area (Å²) >= 11 is 7.58. The molecule has 0 saturated carbocycles. The molecule has 1 aromatic carbocycles. The first-order chi connectivity index (χ1) is 12.3. The highest BCUT2D eigenvalue weighted by atomic mass is 35.5. The molecule has 1 aliphatic rings. The van der Waals surface area contributed by atoms with Crippen molar-refractivity contribution in [2.45, 2.75) is 31.7 Å². The second-order valence-corrected chi connectivity index (χ2v) is 9.75. The number of hydrogen-bond acceptors (Lipinski definition) is 4. The largest absolute Gasteiger partial charge is 0.335 e. The molecule has 2 aromatic rings. The number of rotatable bonds is 5. The molecule has 1 fully saturated rings. The Hall–Kier alpha value is -1.22. The van der Waals surface area contributed by atoms with Gasteiger partial charge in [0.15, 0.2) is 0 Å². The number of halogens is 2. The lowest BCUT2D eigenvalue weighted by atomic mass is 9.99. The Morgan fingerprint density at radius 3 is 2.92 bits per heavy atom. The van der Waals surface area contributed by atoms with Gasteiger partial charge in [0.1, 0.15) is 10.7 Å². The minimum atomic E-state index is -3.25. The first-order valence-electron chi connectivity index (χ1n) is 8.39. The van der Waals surface area contributed by atoms with Gasteiger partial charge >= 0.3 is 0 Å². The molecule has 5 nitrogen and oxygen atoms in total. The summed E-state index contributed by atoms with van der Waals surface area (Å²) in [4.78, 5) is 15.3. The number of likely N-dealkylation sites (tertiary alicyclic amines) is 1. The van der Waals surface area contributed by atoms with E-state index in [9.17, 15) is 17.6 Å². The van der Waals surface area contributed by atoms with Crippen molar-refractivity contribution >= 4 is 49.0 Å². The highest BCUT2D eigenvalue weighted by molar-refractivity contribution is 7.88. The van der Waals surface area contributed by atoms with Crippen LogP contribution in [0.25, 0.3) is 10.1 Å². The van der Waals surface area contributed by atoms with Crippen molar-refractivity contribution in [1.82, 2.24) is 9.62 Å². The lowest BCUT2D eigenvalue weighted by molar-refractivity contribution is 0.0609. The maximum atomic E-state index is 13.4. The molecule has 9 heteroatoms. The molecule has 1 amide bonds. The van der Waals surface area contributed by atoms with E-state index in [0.29, 0.717) is 39.5 Å². The fourth-order valence-electron chi connectivity index (χ4n) is 3.29. The molecule has 1 aliphatic heterocycles. The van der Waals surface area contributed by atoms with Crippen LogP contribution in [0.15, 0.2) is 18.2 Å². The van der Waals surface area contributed by atoms with E-state index in [1.807, 2.05) is 0 Å². The maximum absolute atomic E-state index is 13.4. The van der Waals surface area contributed by atoms with Gasteiger partial charge in [-0.05, 0) is 43.9 Å². The number of carbonyl (C=O) groups excluding carboxylic acids is 1. The SMILES string of the molecule is CS(=O)(=O)NCCC1CCCCN1C(=O)c1sc2cc(F)ccc2c1Cl. The summed E-state index contributed by atoms with van der Waals surface area (Å²) in [6.07, 6.45) is 4.40. The average Bonchev–Trinajstić information content (AvgIpc) is 2.89. The summed E-state index contributed by atoms with van der Waals surface area (Å²) in [7, 11) is -3.25. The number of hydrogen-bond donors (Lipinski definition) is 1. The number of thiophene rings is 1. The predicted molar refractivity (Wildman–Crippen MR) is 103 cm³/mol. The van der Waals surface area contributed by atoms with Crippen LogP contribution in [0.3, 0.4) is 0 Å². The molecule has 1 aromatic heterocycles. The molecule has 0 radical (unpaired) electrons. The Morgan fingerprint density at radius 2 is 2.19 bits per heavy atom.